The van der Waals surface area contributed by atoms with Crippen molar-refractivity contribution in [1.29, 1.82) is 0 Å². The topological polar surface area (TPSA) is 0 Å². The molecule has 0 bridgehead atoms. The van der Waals surface area contributed by atoms with E-state index < -0.39 is 0 Å². The Bertz CT molecular complexity index is 23.2. The van der Waals surface area contributed by atoms with Gasteiger partial charge in [0, 0.05) is 40.8 Å². The minimum atomic E-state index is 0. The zero-order valence-electron chi connectivity index (χ0n) is 5.28. The van der Waals surface area contributed by atoms with Crippen LogP contribution < -0.4 is 0 Å². The molecule has 0 aromatic rings. The molecular formula is C4H12Pd2S4. The fourth-order valence-corrected chi connectivity index (χ4v) is 0. The van der Waals surface area contributed by atoms with Gasteiger partial charge in [0.1, 0.15) is 0 Å². The SMILES string of the molecule is [Pd].[Pd].[S-]CC[SH2+].[S-]CC[SH2+]. The quantitative estimate of drug-likeness (QED) is 0.334. The van der Waals surface area contributed by atoms with Gasteiger partial charge in [0.05, 0.1) is 11.5 Å². The van der Waals surface area contributed by atoms with Crippen LogP contribution in [-0.4, -0.2) is 23.0 Å². The van der Waals surface area contributed by atoms with Crippen LogP contribution in [0.15, 0.2) is 0 Å². The summed E-state index contributed by atoms with van der Waals surface area (Å²) in [5, 5.41) is 0. The second kappa shape index (κ2) is 29.8. The predicted molar refractivity (Wildman–Crippen MR) is 54.5 cm³/mol. The second-order valence-electron chi connectivity index (χ2n) is 0.908. The Morgan fingerprint density at radius 3 is 0.900 bits per heavy atom. The summed E-state index contributed by atoms with van der Waals surface area (Å²) in [5.41, 5.74) is 0. The molecule has 0 aliphatic rings. The molecule has 6 heteroatoms. The summed E-state index contributed by atoms with van der Waals surface area (Å²) in [5.74, 6) is 3.51. The fourth-order valence-electron chi connectivity index (χ4n) is 0. The van der Waals surface area contributed by atoms with E-state index in [-0.39, 0.29) is 40.8 Å². The van der Waals surface area contributed by atoms with Crippen LogP contribution in [0.4, 0.5) is 0 Å². The first-order valence-electron chi connectivity index (χ1n) is 2.28. The van der Waals surface area contributed by atoms with Crippen LogP contribution in [0.3, 0.4) is 0 Å². The molecule has 0 radical (unpaired) electrons. The van der Waals surface area contributed by atoms with Crippen LogP contribution in [0.1, 0.15) is 0 Å². The van der Waals surface area contributed by atoms with Crippen LogP contribution in [-0.2, 0) is 91.4 Å². The van der Waals surface area contributed by atoms with Crippen molar-refractivity contribution in [3.8, 4) is 0 Å². The average molecular weight is 401 g/mol. The summed E-state index contributed by atoms with van der Waals surface area (Å²) < 4.78 is 0. The molecule has 0 saturated heterocycles. The first kappa shape index (κ1) is 23.0. The Hall–Kier alpha value is 2.72. The molecular weight excluding hydrogens is 389 g/mol. The van der Waals surface area contributed by atoms with Gasteiger partial charge in [-0.15, -0.1) is 11.5 Å². The van der Waals surface area contributed by atoms with Gasteiger partial charge in [0.2, 0.25) is 0 Å². The predicted octanol–water partition coefficient (Wildman–Crippen LogP) is -0.915. The van der Waals surface area contributed by atoms with Gasteiger partial charge in [-0.1, -0.05) is 0 Å². The monoisotopic (exact) mass is 400 g/mol. The van der Waals surface area contributed by atoms with Crippen LogP contribution in [0, 0.1) is 0 Å². The van der Waals surface area contributed by atoms with Crippen LogP contribution >= 0.6 is 0 Å². The molecule has 0 aromatic heterocycles. The van der Waals surface area contributed by atoms with Gasteiger partial charge in [-0.2, -0.15) is 0 Å². The molecule has 0 aliphatic carbocycles. The maximum absolute atomic E-state index is 4.50. The summed E-state index contributed by atoms with van der Waals surface area (Å²) in [7, 11) is 0. The Balaban J connectivity index is -0.0000000300. The molecule has 10 heavy (non-hydrogen) atoms. The van der Waals surface area contributed by atoms with Crippen molar-refractivity contribution in [1.82, 2.24) is 0 Å². The molecule has 0 spiro atoms. The van der Waals surface area contributed by atoms with Crippen molar-refractivity contribution < 1.29 is 40.8 Å². The van der Waals surface area contributed by atoms with E-state index in [2.05, 4.69) is 50.5 Å². The van der Waals surface area contributed by atoms with E-state index in [0.717, 1.165) is 23.0 Å². The smallest absolute Gasteiger partial charge is 0.0815 e. The van der Waals surface area contributed by atoms with E-state index in [4.69, 9.17) is 0 Å². The Morgan fingerprint density at radius 1 is 0.800 bits per heavy atom. The Morgan fingerprint density at radius 2 is 0.900 bits per heavy atom. The van der Waals surface area contributed by atoms with E-state index in [1.165, 1.54) is 0 Å². The van der Waals surface area contributed by atoms with Gasteiger partial charge in [0.25, 0.3) is 0 Å². The standard InChI is InChI=1S/2C2H6S2.2Pd/c2*3-1-2-4;;/h2*3-4H,1-2H2;;. The van der Waals surface area contributed by atoms with Gasteiger partial charge in [-0.25, -0.2) is 0 Å². The molecule has 72 valence electrons. The zero-order chi connectivity index (χ0) is 6.83. The van der Waals surface area contributed by atoms with Crippen LogP contribution in [0.5, 0.6) is 0 Å². The molecule has 0 saturated carbocycles. The fraction of sp³-hybridized carbons (Fsp3) is 1.00. The molecule has 0 rings (SSSR count). The molecule has 0 aromatic carbocycles. The molecule has 0 nitrogen and oxygen atoms in total. The van der Waals surface area contributed by atoms with Crippen LogP contribution in [0.25, 0.3) is 0 Å². The van der Waals surface area contributed by atoms with E-state index in [1.807, 2.05) is 0 Å². The van der Waals surface area contributed by atoms with Crippen molar-refractivity contribution in [2.75, 3.05) is 23.0 Å². The maximum Gasteiger partial charge on any atom is 0.0815 e. The van der Waals surface area contributed by atoms with E-state index in [9.17, 15) is 0 Å². The normalized spacial score (nSPS) is 6.00. The van der Waals surface area contributed by atoms with Crippen molar-refractivity contribution in [2.24, 2.45) is 0 Å². The summed E-state index contributed by atoms with van der Waals surface area (Å²) in [4.78, 5) is 0. The van der Waals surface area contributed by atoms with Gasteiger partial charge in [-0.3, -0.25) is 0 Å². The molecule has 0 N–H and O–H groups in total. The molecule has 0 heterocycles. The van der Waals surface area contributed by atoms with Crippen molar-refractivity contribution >= 4 is 50.5 Å². The molecule has 0 amide bonds. The van der Waals surface area contributed by atoms with Gasteiger partial charge >= 0.3 is 0 Å². The molecule has 0 aliphatic heterocycles. The second-order valence-corrected chi connectivity index (χ2v) is 2.72. The molecule has 0 fully saturated rings. The number of hydrogen-bond donors (Lipinski definition) is 0. The molecule has 0 atom stereocenters. The van der Waals surface area contributed by atoms with Crippen molar-refractivity contribution in [2.45, 2.75) is 0 Å². The number of hydrogen-bond acceptors (Lipinski definition) is 2. The zero-order valence-corrected chi connectivity index (χ0v) is 12.0. The Labute approximate surface area is 113 Å². The third-order valence-electron chi connectivity index (χ3n) is 0.204. The van der Waals surface area contributed by atoms with Gasteiger partial charge < -0.3 is 25.3 Å². The Kier molecular flexibility index (Phi) is 68.5. The van der Waals surface area contributed by atoms with Crippen LogP contribution in [0.2, 0.25) is 0 Å². The van der Waals surface area contributed by atoms with Gasteiger partial charge in [0.15, 0.2) is 0 Å². The third-order valence-corrected chi connectivity index (χ3v) is 1.84. The van der Waals surface area contributed by atoms with Gasteiger partial charge in [-0.05, 0) is 25.3 Å². The number of rotatable bonds is 2. The minimum Gasteiger partial charge on any atom is -0.788 e. The summed E-state index contributed by atoms with van der Waals surface area (Å²) in [6, 6.07) is 0. The minimum absolute atomic E-state index is 0. The molecule has 0 unspecified atom stereocenters. The average Bonchev–Trinajstić information content (AvgIpc) is 1.88. The van der Waals surface area contributed by atoms with Crippen molar-refractivity contribution in [3.05, 3.63) is 0 Å². The summed E-state index contributed by atoms with van der Waals surface area (Å²) >= 11 is 15.4. The van der Waals surface area contributed by atoms with E-state index in [0.29, 0.717) is 0 Å². The third kappa shape index (κ3) is 45.4. The van der Waals surface area contributed by atoms with Crippen molar-refractivity contribution in [3.63, 3.8) is 0 Å². The summed E-state index contributed by atoms with van der Waals surface area (Å²) in [6.45, 7) is 0. The first-order chi connectivity index (χ1) is 3.83. The maximum atomic E-state index is 4.50. The van der Waals surface area contributed by atoms with E-state index in [1.54, 1.807) is 0 Å². The first-order valence-corrected chi connectivity index (χ1v) is 4.85. The van der Waals surface area contributed by atoms with E-state index >= 15 is 0 Å². The summed E-state index contributed by atoms with van der Waals surface area (Å²) in [6.07, 6.45) is 0. The largest absolute Gasteiger partial charge is 0.788 e.